The van der Waals surface area contributed by atoms with Gasteiger partial charge in [-0.05, 0) is 32.8 Å². The van der Waals surface area contributed by atoms with Crippen LogP contribution in [-0.4, -0.2) is 27.0 Å². The zero-order valence-electron chi connectivity index (χ0n) is 14.7. The van der Waals surface area contributed by atoms with Crippen LogP contribution in [0.15, 0.2) is 28.8 Å². The molecule has 0 radical (unpaired) electrons. The number of nitrogens with zero attached hydrogens (tertiary/aromatic N) is 2. The molecule has 25 heavy (non-hydrogen) atoms. The predicted octanol–water partition coefficient (Wildman–Crippen LogP) is 3.16. The van der Waals surface area contributed by atoms with Gasteiger partial charge in [0.25, 0.3) is 0 Å². The molecule has 1 amide bonds. The van der Waals surface area contributed by atoms with Crippen molar-refractivity contribution in [2.24, 2.45) is 5.92 Å². The highest BCUT2D eigenvalue weighted by molar-refractivity contribution is 5.81. The van der Waals surface area contributed by atoms with Gasteiger partial charge < -0.3 is 14.5 Å². The van der Waals surface area contributed by atoms with Crippen LogP contribution in [0.2, 0.25) is 0 Å². The SMILES string of the molecule is Cc1ccc(C2C(C(=O)O)CCC(=O)N2Cc2c(C)noc2C)cc1. The summed E-state index contributed by atoms with van der Waals surface area (Å²) in [7, 11) is 0. The number of aryl methyl sites for hydroxylation is 3. The van der Waals surface area contributed by atoms with Crippen molar-refractivity contribution >= 4 is 11.9 Å². The summed E-state index contributed by atoms with van der Waals surface area (Å²) in [5, 5.41) is 13.6. The van der Waals surface area contributed by atoms with Crippen molar-refractivity contribution in [1.29, 1.82) is 0 Å². The molecule has 1 fully saturated rings. The molecule has 1 aliphatic rings. The molecule has 2 unspecified atom stereocenters. The molecule has 3 rings (SSSR count). The third-order valence-corrected chi connectivity index (χ3v) is 4.95. The highest BCUT2D eigenvalue weighted by atomic mass is 16.5. The van der Waals surface area contributed by atoms with Gasteiger partial charge in [-0.1, -0.05) is 35.0 Å². The standard InChI is InChI=1S/C19H22N2O4/c1-11-4-6-14(7-5-11)18-15(19(23)24)8-9-17(22)21(18)10-16-12(2)20-25-13(16)3/h4-7,15,18H,8-10H2,1-3H3,(H,23,24). The van der Waals surface area contributed by atoms with E-state index in [1.54, 1.807) is 11.8 Å². The van der Waals surface area contributed by atoms with Gasteiger partial charge in [-0.25, -0.2) is 0 Å². The Bertz CT molecular complexity index is 775. The summed E-state index contributed by atoms with van der Waals surface area (Å²) in [6.07, 6.45) is 0.591. The zero-order valence-corrected chi connectivity index (χ0v) is 14.7. The minimum absolute atomic E-state index is 0.0388. The molecule has 2 aromatic rings. The molecule has 0 aliphatic carbocycles. The lowest BCUT2D eigenvalue weighted by molar-refractivity contribution is -0.152. The van der Waals surface area contributed by atoms with Crippen LogP contribution >= 0.6 is 0 Å². The molecule has 6 heteroatoms. The number of hydrogen-bond donors (Lipinski definition) is 1. The number of likely N-dealkylation sites (tertiary alicyclic amines) is 1. The molecule has 1 aromatic carbocycles. The maximum absolute atomic E-state index is 12.6. The van der Waals surface area contributed by atoms with Crippen molar-refractivity contribution in [2.45, 2.75) is 46.2 Å². The Hall–Kier alpha value is -2.63. The lowest BCUT2D eigenvalue weighted by atomic mass is 9.83. The number of aliphatic carboxylic acids is 1. The molecular formula is C19H22N2O4. The number of carbonyl (C=O) groups is 2. The van der Waals surface area contributed by atoms with Crippen LogP contribution < -0.4 is 0 Å². The first-order valence-corrected chi connectivity index (χ1v) is 8.39. The first-order valence-electron chi connectivity index (χ1n) is 8.39. The van der Waals surface area contributed by atoms with Crippen LogP contribution in [0, 0.1) is 26.7 Å². The molecule has 0 spiro atoms. The van der Waals surface area contributed by atoms with Crippen LogP contribution in [0.1, 0.15) is 47.0 Å². The first-order chi connectivity index (χ1) is 11.9. The maximum atomic E-state index is 12.6. The third-order valence-electron chi connectivity index (χ3n) is 4.95. The summed E-state index contributed by atoms with van der Waals surface area (Å²) >= 11 is 0. The monoisotopic (exact) mass is 342 g/mol. The highest BCUT2D eigenvalue weighted by Gasteiger charge is 2.41. The lowest BCUT2D eigenvalue weighted by Crippen LogP contribution is -2.45. The van der Waals surface area contributed by atoms with Crippen molar-refractivity contribution in [3.8, 4) is 0 Å². The van der Waals surface area contributed by atoms with Gasteiger partial charge in [0, 0.05) is 12.0 Å². The highest BCUT2D eigenvalue weighted by Crippen LogP contribution is 2.38. The Morgan fingerprint density at radius 2 is 1.96 bits per heavy atom. The summed E-state index contributed by atoms with van der Waals surface area (Å²) in [5.41, 5.74) is 3.51. The Labute approximate surface area is 146 Å². The first kappa shape index (κ1) is 17.2. The normalized spacial score (nSPS) is 20.8. The van der Waals surface area contributed by atoms with Crippen LogP contribution in [0.5, 0.6) is 0 Å². The van der Waals surface area contributed by atoms with Gasteiger partial charge in [0.05, 0.1) is 24.2 Å². The van der Waals surface area contributed by atoms with E-state index in [0.717, 1.165) is 22.4 Å². The van der Waals surface area contributed by atoms with Gasteiger partial charge in [-0.15, -0.1) is 0 Å². The number of amides is 1. The molecule has 1 saturated heterocycles. The fraction of sp³-hybridized carbons (Fsp3) is 0.421. The molecule has 1 aliphatic heterocycles. The number of carboxylic acids is 1. The van der Waals surface area contributed by atoms with Gasteiger partial charge in [-0.3, -0.25) is 9.59 Å². The molecule has 6 nitrogen and oxygen atoms in total. The fourth-order valence-electron chi connectivity index (χ4n) is 3.47. The minimum atomic E-state index is -0.873. The Morgan fingerprint density at radius 1 is 1.28 bits per heavy atom. The average molecular weight is 342 g/mol. The van der Waals surface area contributed by atoms with E-state index in [-0.39, 0.29) is 12.3 Å². The molecule has 0 bridgehead atoms. The molecule has 132 valence electrons. The second-order valence-corrected chi connectivity index (χ2v) is 6.66. The number of hydrogen-bond acceptors (Lipinski definition) is 4. The van der Waals surface area contributed by atoms with Crippen molar-refractivity contribution in [3.63, 3.8) is 0 Å². The van der Waals surface area contributed by atoms with Crippen molar-refractivity contribution in [3.05, 3.63) is 52.4 Å². The number of aromatic nitrogens is 1. The molecule has 0 saturated carbocycles. The molecule has 2 atom stereocenters. The maximum Gasteiger partial charge on any atom is 0.308 e. The van der Waals surface area contributed by atoms with Gasteiger partial charge in [0.2, 0.25) is 5.91 Å². The van der Waals surface area contributed by atoms with E-state index in [4.69, 9.17) is 4.52 Å². The molecule has 1 N–H and O–H groups in total. The number of benzene rings is 1. The van der Waals surface area contributed by atoms with E-state index >= 15 is 0 Å². The fourth-order valence-corrected chi connectivity index (χ4v) is 3.47. The van der Waals surface area contributed by atoms with Crippen molar-refractivity contribution < 1.29 is 19.2 Å². The second kappa shape index (κ2) is 6.70. The van der Waals surface area contributed by atoms with E-state index in [0.29, 0.717) is 18.7 Å². The van der Waals surface area contributed by atoms with E-state index in [1.165, 1.54) is 0 Å². The van der Waals surface area contributed by atoms with E-state index < -0.39 is 17.9 Å². The quantitative estimate of drug-likeness (QED) is 0.923. The number of carbonyl (C=O) groups excluding carboxylic acids is 1. The summed E-state index contributed by atoms with van der Waals surface area (Å²) in [5.74, 6) is -0.879. The van der Waals surface area contributed by atoms with E-state index in [2.05, 4.69) is 5.16 Å². The molecular weight excluding hydrogens is 320 g/mol. The topological polar surface area (TPSA) is 83.6 Å². The molecule has 2 heterocycles. The van der Waals surface area contributed by atoms with Crippen LogP contribution in [0.25, 0.3) is 0 Å². The minimum Gasteiger partial charge on any atom is -0.481 e. The Balaban J connectivity index is 2.02. The Kier molecular flexibility index (Phi) is 4.61. The number of piperidine rings is 1. The van der Waals surface area contributed by atoms with Crippen LogP contribution in [0.4, 0.5) is 0 Å². The van der Waals surface area contributed by atoms with Crippen LogP contribution in [0.3, 0.4) is 0 Å². The Morgan fingerprint density at radius 3 is 2.52 bits per heavy atom. The number of rotatable bonds is 4. The average Bonchev–Trinajstić information content (AvgIpc) is 2.89. The summed E-state index contributed by atoms with van der Waals surface area (Å²) in [6, 6.07) is 7.22. The van der Waals surface area contributed by atoms with E-state index in [9.17, 15) is 14.7 Å². The van der Waals surface area contributed by atoms with Gasteiger partial charge in [-0.2, -0.15) is 0 Å². The van der Waals surface area contributed by atoms with Crippen molar-refractivity contribution in [1.82, 2.24) is 10.1 Å². The molecule has 1 aromatic heterocycles. The largest absolute Gasteiger partial charge is 0.481 e. The smallest absolute Gasteiger partial charge is 0.308 e. The number of carboxylic acid groups (broad SMARTS) is 1. The summed E-state index contributed by atoms with van der Waals surface area (Å²) < 4.78 is 5.20. The van der Waals surface area contributed by atoms with Gasteiger partial charge in [0.1, 0.15) is 5.76 Å². The summed E-state index contributed by atoms with van der Waals surface area (Å²) in [6.45, 7) is 5.92. The third kappa shape index (κ3) is 3.29. The van der Waals surface area contributed by atoms with Gasteiger partial charge >= 0.3 is 5.97 Å². The van der Waals surface area contributed by atoms with Crippen molar-refractivity contribution in [2.75, 3.05) is 0 Å². The van der Waals surface area contributed by atoms with E-state index in [1.807, 2.05) is 38.1 Å². The van der Waals surface area contributed by atoms with Gasteiger partial charge in [0.15, 0.2) is 0 Å². The second-order valence-electron chi connectivity index (χ2n) is 6.66. The van der Waals surface area contributed by atoms with Crippen LogP contribution in [-0.2, 0) is 16.1 Å². The summed E-state index contributed by atoms with van der Waals surface area (Å²) in [4.78, 5) is 26.1. The zero-order chi connectivity index (χ0) is 18.1. The predicted molar refractivity (Wildman–Crippen MR) is 90.8 cm³/mol. The lowest BCUT2D eigenvalue weighted by Gasteiger charge is -2.39.